The molecule has 0 spiro atoms. The molecule has 0 fully saturated rings. The summed E-state index contributed by atoms with van der Waals surface area (Å²) in [4.78, 5) is 16.5. The van der Waals surface area contributed by atoms with E-state index >= 15 is 0 Å². The first-order valence-electron chi connectivity index (χ1n) is 8.84. The molecule has 0 bridgehead atoms. The normalized spacial score (nSPS) is 11.1. The van der Waals surface area contributed by atoms with Crippen molar-refractivity contribution in [1.29, 1.82) is 0 Å². The Morgan fingerprint density at radius 2 is 1.85 bits per heavy atom. The summed E-state index contributed by atoms with van der Waals surface area (Å²) < 4.78 is 2.09. The van der Waals surface area contributed by atoms with Crippen LogP contribution in [0.3, 0.4) is 0 Å². The molecule has 0 aliphatic rings. The van der Waals surface area contributed by atoms with E-state index in [4.69, 9.17) is 33.3 Å². The number of rotatable bonds is 8. The predicted octanol–water partition coefficient (Wildman–Crippen LogP) is 3.82. The molecule has 0 atom stereocenters. The molecule has 3 rings (SSSR count). The minimum atomic E-state index is -0.0686. The molecule has 1 amide bonds. The zero-order valence-electron chi connectivity index (χ0n) is 14.8. The number of aliphatic hydroxyl groups is 1. The zero-order chi connectivity index (χ0) is 19.2. The number of benzene rings is 2. The van der Waals surface area contributed by atoms with Gasteiger partial charge in [0.1, 0.15) is 5.82 Å². The largest absolute Gasteiger partial charge is 0.396 e. The number of aliphatic hydroxyl groups excluding tert-OH is 1. The first kappa shape index (κ1) is 19.7. The third-order valence-corrected chi connectivity index (χ3v) is 5.05. The monoisotopic (exact) mass is 405 g/mol. The van der Waals surface area contributed by atoms with Crippen LogP contribution in [0.5, 0.6) is 0 Å². The van der Waals surface area contributed by atoms with Gasteiger partial charge in [-0.3, -0.25) is 4.79 Å². The van der Waals surface area contributed by atoms with E-state index in [1.54, 1.807) is 0 Å². The Kier molecular flexibility index (Phi) is 6.72. The minimum Gasteiger partial charge on any atom is -0.396 e. The summed E-state index contributed by atoms with van der Waals surface area (Å²) in [6.07, 6.45) is 1.37. The second-order valence-corrected chi connectivity index (χ2v) is 7.04. The fourth-order valence-electron chi connectivity index (χ4n) is 2.98. The number of nitrogens with zero attached hydrogens (tertiary/aromatic N) is 2. The van der Waals surface area contributed by atoms with Crippen LogP contribution in [0.4, 0.5) is 0 Å². The lowest BCUT2D eigenvalue weighted by Gasteiger charge is -2.12. The van der Waals surface area contributed by atoms with E-state index in [0.717, 1.165) is 22.4 Å². The Morgan fingerprint density at radius 3 is 2.59 bits per heavy atom. The Hall–Kier alpha value is -2.08. The molecule has 3 aromatic rings. The topological polar surface area (TPSA) is 67.2 Å². The van der Waals surface area contributed by atoms with Gasteiger partial charge in [-0.15, -0.1) is 0 Å². The van der Waals surface area contributed by atoms with Crippen LogP contribution < -0.4 is 5.32 Å². The first-order chi connectivity index (χ1) is 13.1. The molecule has 0 saturated carbocycles. The van der Waals surface area contributed by atoms with Gasteiger partial charge in [0.05, 0.1) is 17.6 Å². The minimum absolute atomic E-state index is 0.0157. The van der Waals surface area contributed by atoms with Gasteiger partial charge in [0.15, 0.2) is 0 Å². The number of imidazole rings is 1. The number of carbonyl (C=O) groups excluding carboxylic acids is 1. The van der Waals surface area contributed by atoms with E-state index in [1.807, 2.05) is 42.5 Å². The van der Waals surface area contributed by atoms with Gasteiger partial charge in [-0.2, -0.15) is 0 Å². The van der Waals surface area contributed by atoms with Gasteiger partial charge in [0, 0.05) is 41.6 Å². The van der Waals surface area contributed by atoms with Gasteiger partial charge in [0.2, 0.25) is 5.91 Å². The second-order valence-electron chi connectivity index (χ2n) is 6.23. The Labute approximate surface area is 167 Å². The molecule has 0 saturated heterocycles. The molecule has 1 heterocycles. The number of hydrogen-bond donors (Lipinski definition) is 2. The molecule has 2 N–H and O–H groups in total. The zero-order valence-corrected chi connectivity index (χ0v) is 16.3. The van der Waals surface area contributed by atoms with Crippen LogP contribution in [-0.4, -0.2) is 33.7 Å². The SMILES string of the molecule is O=C(CCCO)NCCc1nc2ccccc2n1Cc1c(Cl)cccc1Cl. The van der Waals surface area contributed by atoms with Crippen LogP contribution in [0.15, 0.2) is 42.5 Å². The fraction of sp³-hybridized carbons (Fsp3) is 0.300. The highest BCUT2D eigenvalue weighted by atomic mass is 35.5. The summed E-state index contributed by atoms with van der Waals surface area (Å²) in [5.74, 6) is 0.788. The molecular formula is C20H21Cl2N3O2. The summed E-state index contributed by atoms with van der Waals surface area (Å²) >= 11 is 12.7. The quantitative estimate of drug-likeness (QED) is 0.598. The standard InChI is InChI=1S/C20H21Cl2N3O2/c21-15-5-3-6-16(22)14(15)13-25-18-8-2-1-7-17(18)24-19(25)10-11-23-20(27)9-4-12-26/h1-3,5-8,26H,4,9-13H2,(H,23,27). The number of aromatic nitrogens is 2. The van der Waals surface area contributed by atoms with Gasteiger partial charge >= 0.3 is 0 Å². The fourth-order valence-corrected chi connectivity index (χ4v) is 3.49. The lowest BCUT2D eigenvalue weighted by atomic mass is 10.2. The molecule has 142 valence electrons. The molecule has 27 heavy (non-hydrogen) atoms. The average molecular weight is 406 g/mol. The van der Waals surface area contributed by atoms with Gasteiger partial charge in [-0.25, -0.2) is 4.98 Å². The third-order valence-electron chi connectivity index (χ3n) is 4.34. The maximum Gasteiger partial charge on any atom is 0.220 e. The number of nitrogens with one attached hydrogen (secondary N) is 1. The summed E-state index contributed by atoms with van der Waals surface area (Å²) in [5, 5.41) is 12.9. The van der Waals surface area contributed by atoms with Crippen molar-refractivity contribution in [3.63, 3.8) is 0 Å². The summed E-state index contributed by atoms with van der Waals surface area (Å²) in [6, 6.07) is 13.4. The smallest absolute Gasteiger partial charge is 0.220 e. The van der Waals surface area contributed by atoms with Crippen molar-refractivity contribution in [3.8, 4) is 0 Å². The van der Waals surface area contributed by atoms with Crippen LogP contribution in [-0.2, 0) is 17.8 Å². The first-order valence-corrected chi connectivity index (χ1v) is 9.60. The number of amides is 1. The average Bonchev–Trinajstić information content (AvgIpc) is 3.00. The molecule has 5 nitrogen and oxygen atoms in total. The summed E-state index contributed by atoms with van der Waals surface area (Å²) in [7, 11) is 0. The number of carbonyl (C=O) groups is 1. The van der Waals surface area contributed by atoms with Crippen molar-refractivity contribution in [3.05, 3.63) is 63.9 Å². The van der Waals surface area contributed by atoms with Crippen molar-refractivity contribution >= 4 is 40.1 Å². The molecule has 7 heteroatoms. The van der Waals surface area contributed by atoms with E-state index in [2.05, 4.69) is 9.88 Å². The van der Waals surface area contributed by atoms with Gasteiger partial charge in [-0.1, -0.05) is 41.4 Å². The summed E-state index contributed by atoms with van der Waals surface area (Å²) in [6.45, 7) is 0.998. The lowest BCUT2D eigenvalue weighted by molar-refractivity contribution is -0.121. The van der Waals surface area contributed by atoms with Gasteiger partial charge in [0.25, 0.3) is 0 Å². The molecule has 0 aliphatic carbocycles. The van der Waals surface area contributed by atoms with Crippen LogP contribution >= 0.6 is 23.2 Å². The van der Waals surface area contributed by atoms with Crippen molar-refractivity contribution in [2.75, 3.05) is 13.2 Å². The maximum absolute atomic E-state index is 11.7. The highest BCUT2D eigenvalue weighted by molar-refractivity contribution is 6.36. The van der Waals surface area contributed by atoms with Crippen LogP contribution in [0.25, 0.3) is 11.0 Å². The molecular weight excluding hydrogens is 385 g/mol. The molecule has 0 unspecified atom stereocenters. The Balaban J connectivity index is 1.83. The third kappa shape index (κ3) is 4.80. The van der Waals surface area contributed by atoms with E-state index in [9.17, 15) is 4.79 Å². The van der Waals surface area contributed by atoms with Crippen molar-refractivity contribution in [2.45, 2.75) is 25.8 Å². The highest BCUT2D eigenvalue weighted by Crippen LogP contribution is 2.27. The van der Waals surface area contributed by atoms with E-state index in [0.29, 0.717) is 42.4 Å². The van der Waals surface area contributed by atoms with Crippen molar-refractivity contribution < 1.29 is 9.90 Å². The number of halogens is 2. The number of fused-ring (bicyclic) bond motifs is 1. The molecule has 2 aromatic carbocycles. The van der Waals surface area contributed by atoms with Crippen molar-refractivity contribution in [2.24, 2.45) is 0 Å². The number of hydrogen-bond acceptors (Lipinski definition) is 3. The van der Waals surface area contributed by atoms with Gasteiger partial charge < -0.3 is 15.0 Å². The Morgan fingerprint density at radius 1 is 1.11 bits per heavy atom. The highest BCUT2D eigenvalue weighted by Gasteiger charge is 2.14. The van der Waals surface area contributed by atoms with E-state index in [-0.39, 0.29) is 12.5 Å². The van der Waals surface area contributed by atoms with Crippen LogP contribution in [0, 0.1) is 0 Å². The second kappa shape index (κ2) is 9.22. The Bertz CT molecular complexity index is 920. The molecule has 0 aliphatic heterocycles. The van der Waals surface area contributed by atoms with Gasteiger partial charge in [-0.05, 0) is 30.7 Å². The predicted molar refractivity (Wildman–Crippen MR) is 108 cm³/mol. The number of para-hydroxylation sites is 2. The van der Waals surface area contributed by atoms with Crippen molar-refractivity contribution in [1.82, 2.24) is 14.9 Å². The van der Waals surface area contributed by atoms with E-state index in [1.165, 1.54) is 0 Å². The molecule has 0 radical (unpaired) electrons. The van der Waals surface area contributed by atoms with Crippen LogP contribution in [0.1, 0.15) is 24.2 Å². The van der Waals surface area contributed by atoms with E-state index < -0.39 is 0 Å². The van der Waals surface area contributed by atoms with Crippen LogP contribution in [0.2, 0.25) is 10.0 Å². The lowest BCUT2D eigenvalue weighted by Crippen LogP contribution is -2.26. The molecule has 1 aromatic heterocycles. The summed E-state index contributed by atoms with van der Waals surface area (Å²) in [5.41, 5.74) is 2.73. The maximum atomic E-state index is 11.7.